The van der Waals surface area contributed by atoms with Gasteiger partial charge in [-0.15, -0.1) is 0 Å². The minimum atomic E-state index is -0.775. The topological polar surface area (TPSA) is 80.5 Å². The Morgan fingerprint density at radius 1 is 1.52 bits per heavy atom. The summed E-state index contributed by atoms with van der Waals surface area (Å²) in [5.74, 6) is -1.43. The van der Waals surface area contributed by atoms with Gasteiger partial charge in [0.1, 0.15) is 17.2 Å². The lowest BCUT2D eigenvalue weighted by atomic mass is 9.93. The number of ketones is 1. The lowest BCUT2D eigenvalue weighted by Crippen LogP contribution is -2.44. The van der Waals surface area contributed by atoms with E-state index in [2.05, 4.69) is 0 Å². The van der Waals surface area contributed by atoms with Crippen LogP contribution in [-0.2, 0) is 4.79 Å². The number of nitrogens with zero attached hydrogens (tertiary/aromatic N) is 2. The Hall–Kier alpha value is -2.31. The van der Waals surface area contributed by atoms with E-state index in [1.165, 1.54) is 4.90 Å². The number of piperidine rings is 1. The zero-order valence-electron chi connectivity index (χ0n) is 11.5. The van der Waals surface area contributed by atoms with Gasteiger partial charge in [-0.3, -0.25) is 19.7 Å². The van der Waals surface area contributed by atoms with Crippen LogP contribution in [0, 0.1) is 21.8 Å². The van der Waals surface area contributed by atoms with E-state index in [0.717, 1.165) is 18.2 Å². The van der Waals surface area contributed by atoms with Crippen molar-refractivity contribution in [3.63, 3.8) is 0 Å². The highest BCUT2D eigenvalue weighted by Crippen LogP contribution is 2.24. The third-order valence-electron chi connectivity index (χ3n) is 3.69. The third kappa shape index (κ3) is 3.07. The number of amides is 1. The van der Waals surface area contributed by atoms with E-state index >= 15 is 0 Å². The molecule has 0 bridgehead atoms. The summed E-state index contributed by atoms with van der Waals surface area (Å²) in [6.07, 6.45) is 0.868. The Kier molecular flexibility index (Phi) is 4.30. The van der Waals surface area contributed by atoms with Crippen molar-refractivity contribution >= 4 is 17.4 Å². The first-order valence-corrected chi connectivity index (χ1v) is 6.70. The molecule has 1 aliphatic heterocycles. The number of Topliss-reactive ketones (excluding diaryl/α,β-unsaturated/α-hetero) is 1. The molecule has 1 aliphatic rings. The molecule has 0 saturated carbocycles. The second-order valence-electron chi connectivity index (χ2n) is 4.99. The zero-order valence-corrected chi connectivity index (χ0v) is 11.5. The molecule has 7 heteroatoms. The molecule has 112 valence electrons. The summed E-state index contributed by atoms with van der Waals surface area (Å²) < 4.78 is 13.1. The van der Waals surface area contributed by atoms with Gasteiger partial charge in [0.05, 0.1) is 11.0 Å². The molecule has 0 spiro atoms. The molecule has 21 heavy (non-hydrogen) atoms. The van der Waals surface area contributed by atoms with Gasteiger partial charge in [-0.25, -0.2) is 4.39 Å². The number of halogens is 1. The first-order chi connectivity index (χ1) is 9.93. The maximum atomic E-state index is 13.1. The number of nitro groups is 1. The Balaban J connectivity index is 2.28. The summed E-state index contributed by atoms with van der Waals surface area (Å²) in [4.78, 5) is 35.6. The second-order valence-corrected chi connectivity index (χ2v) is 4.99. The van der Waals surface area contributed by atoms with Gasteiger partial charge >= 0.3 is 0 Å². The predicted molar refractivity (Wildman–Crippen MR) is 72.4 cm³/mol. The number of hydrogen-bond donors (Lipinski definition) is 0. The van der Waals surface area contributed by atoms with Crippen molar-refractivity contribution in [3.05, 3.63) is 39.7 Å². The molecular formula is C14H15FN2O4. The Morgan fingerprint density at radius 2 is 2.24 bits per heavy atom. The van der Waals surface area contributed by atoms with Crippen LogP contribution in [0.5, 0.6) is 0 Å². The van der Waals surface area contributed by atoms with E-state index in [9.17, 15) is 24.1 Å². The third-order valence-corrected chi connectivity index (χ3v) is 3.69. The van der Waals surface area contributed by atoms with Gasteiger partial charge in [-0.1, -0.05) is 6.92 Å². The molecule has 1 amide bonds. The molecule has 1 unspecified atom stereocenters. The average molecular weight is 294 g/mol. The molecule has 2 rings (SSSR count). The Morgan fingerprint density at radius 3 is 2.86 bits per heavy atom. The summed E-state index contributed by atoms with van der Waals surface area (Å²) >= 11 is 0. The Labute approximate surface area is 120 Å². The van der Waals surface area contributed by atoms with Crippen molar-refractivity contribution in [3.8, 4) is 0 Å². The van der Waals surface area contributed by atoms with E-state index in [4.69, 9.17) is 0 Å². The monoisotopic (exact) mass is 294 g/mol. The van der Waals surface area contributed by atoms with E-state index in [1.807, 2.05) is 6.92 Å². The highest BCUT2D eigenvalue weighted by Gasteiger charge is 2.32. The molecular weight excluding hydrogens is 279 g/mol. The largest absolute Gasteiger partial charge is 0.337 e. The van der Waals surface area contributed by atoms with Crippen LogP contribution in [0.1, 0.15) is 30.1 Å². The molecule has 6 nitrogen and oxygen atoms in total. The summed E-state index contributed by atoms with van der Waals surface area (Å²) in [5.41, 5.74) is -0.699. The van der Waals surface area contributed by atoms with Gasteiger partial charge in [0.2, 0.25) is 0 Å². The van der Waals surface area contributed by atoms with Gasteiger partial charge in [0, 0.05) is 25.4 Å². The fraction of sp³-hybridized carbons (Fsp3) is 0.429. The maximum Gasteiger partial charge on any atom is 0.285 e. The number of benzene rings is 1. The molecule has 1 atom stereocenters. The van der Waals surface area contributed by atoms with Gasteiger partial charge in [-0.05, 0) is 18.6 Å². The molecule has 0 radical (unpaired) electrons. The van der Waals surface area contributed by atoms with Crippen LogP contribution >= 0.6 is 0 Å². The smallest absolute Gasteiger partial charge is 0.285 e. The van der Waals surface area contributed by atoms with E-state index < -0.39 is 22.3 Å². The summed E-state index contributed by atoms with van der Waals surface area (Å²) in [6.45, 7) is 2.35. The molecule has 1 heterocycles. The van der Waals surface area contributed by atoms with Crippen molar-refractivity contribution in [1.29, 1.82) is 0 Å². The fourth-order valence-corrected chi connectivity index (χ4v) is 2.46. The SMILES string of the molecule is CCC1CN(C(=O)c2ccc(F)cc2[N+](=O)[O-])CCC1=O. The Bertz CT molecular complexity index is 603. The molecule has 1 saturated heterocycles. The van der Waals surface area contributed by atoms with E-state index in [-0.39, 0.29) is 36.8 Å². The van der Waals surface area contributed by atoms with Gasteiger partial charge < -0.3 is 4.90 Å². The number of hydrogen-bond acceptors (Lipinski definition) is 4. The van der Waals surface area contributed by atoms with Crippen LogP contribution in [0.15, 0.2) is 18.2 Å². The molecule has 1 aromatic rings. The average Bonchev–Trinajstić information content (AvgIpc) is 2.47. The van der Waals surface area contributed by atoms with Crippen molar-refractivity contribution in [2.24, 2.45) is 5.92 Å². The van der Waals surface area contributed by atoms with Crippen LogP contribution in [0.2, 0.25) is 0 Å². The first-order valence-electron chi connectivity index (χ1n) is 6.70. The summed E-state index contributed by atoms with van der Waals surface area (Å²) in [6, 6.07) is 2.87. The molecule has 0 aromatic heterocycles. The maximum absolute atomic E-state index is 13.1. The van der Waals surface area contributed by atoms with Gasteiger partial charge in [0.15, 0.2) is 0 Å². The van der Waals surface area contributed by atoms with Crippen LogP contribution in [0.25, 0.3) is 0 Å². The van der Waals surface area contributed by atoms with Crippen LogP contribution in [-0.4, -0.2) is 34.6 Å². The van der Waals surface area contributed by atoms with Crippen molar-refractivity contribution in [2.75, 3.05) is 13.1 Å². The van der Waals surface area contributed by atoms with Crippen LogP contribution in [0.4, 0.5) is 10.1 Å². The lowest BCUT2D eigenvalue weighted by molar-refractivity contribution is -0.385. The second kappa shape index (κ2) is 5.99. The summed E-state index contributed by atoms with van der Waals surface area (Å²) in [5, 5.41) is 10.9. The minimum Gasteiger partial charge on any atom is -0.337 e. The van der Waals surface area contributed by atoms with Crippen molar-refractivity contribution < 1.29 is 18.9 Å². The standard InChI is InChI=1S/C14H15FN2O4/c1-2-9-8-16(6-5-13(9)18)14(19)11-4-3-10(15)7-12(11)17(20)21/h3-4,7,9H,2,5-6,8H2,1H3. The predicted octanol–water partition coefficient (Wildman–Crippen LogP) is 2.18. The number of rotatable bonds is 3. The van der Waals surface area contributed by atoms with Crippen LogP contribution in [0.3, 0.4) is 0 Å². The highest BCUT2D eigenvalue weighted by molar-refractivity contribution is 5.99. The normalized spacial score (nSPS) is 18.7. The highest BCUT2D eigenvalue weighted by atomic mass is 19.1. The van der Waals surface area contributed by atoms with E-state index in [0.29, 0.717) is 6.42 Å². The molecule has 0 aliphatic carbocycles. The fourth-order valence-electron chi connectivity index (χ4n) is 2.46. The molecule has 0 N–H and O–H groups in total. The number of likely N-dealkylation sites (tertiary alicyclic amines) is 1. The zero-order chi connectivity index (χ0) is 15.6. The summed E-state index contributed by atoms with van der Waals surface area (Å²) in [7, 11) is 0. The van der Waals surface area contributed by atoms with E-state index in [1.54, 1.807) is 0 Å². The van der Waals surface area contributed by atoms with Gasteiger partial charge in [0.25, 0.3) is 11.6 Å². The number of nitro benzene ring substituents is 1. The first kappa shape index (κ1) is 15.1. The number of carbonyl (C=O) groups is 2. The van der Waals surface area contributed by atoms with Gasteiger partial charge in [-0.2, -0.15) is 0 Å². The van der Waals surface area contributed by atoms with Crippen molar-refractivity contribution in [2.45, 2.75) is 19.8 Å². The molecule has 1 fully saturated rings. The number of carbonyl (C=O) groups excluding carboxylic acids is 2. The van der Waals surface area contributed by atoms with Crippen molar-refractivity contribution in [1.82, 2.24) is 4.90 Å². The lowest BCUT2D eigenvalue weighted by Gasteiger charge is -2.31. The quantitative estimate of drug-likeness (QED) is 0.632. The van der Waals surface area contributed by atoms with Crippen LogP contribution < -0.4 is 0 Å². The minimum absolute atomic E-state index is 0.107. The molecule has 1 aromatic carbocycles.